The van der Waals surface area contributed by atoms with E-state index in [9.17, 15) is 24.4 Å². The summed E-state index contributed by atoms with van der Waals surface area (Å²) in [4.78, 5) is 56.8. The van der Waals surface area contributed by atoms with Crippen LogP contribution >= 0.6 is 27.5 Å². The number of halogens is 2. The topological polar surface area (TPSA) is 161 Å². The van der Waals surface area contributed by atoms with Crippen LogP contribution in [0.15, 0.2) is 46.9 Å². The normalized spacial score (nSPS) is 23.5. The predicted molar refractivity (Wildman–Crippen MR) is 199 cm³/mol. The molecule has 1 saturated carbocycles. The molecule has 0 bridgehead atoms. The molecule has 0 spiro atoms. The molecule has 2 aromatic carbocycles. The van der Waals surface area contributed by atoms with Crippen LogP contribution in [0.1, 0.15) is 78.1 Å². The van der Waals surface area contributed by atoms with Crippen molar-refractivity contribution in [2.75, 3.05) is 31.1 Å². The number of nitrogens with one attached hydrogen (secondary N) is 2. The van der Waals surface area contributed by atoms with Gasteiger partial charge in [0, 0.05) is 73.1 Å². The molecule has 15 heteroatoms. The Balaban J connectivity index is 0.920. The number of rotatable bonds is 8. The van der Waals surface area contributed by atoms with Crippen molar-refractivity contribution in [2.45, 2.75) is 71.8 Å². The number of imide groups is 1. The molecule has 13 nitrogen and oxygen atoms in total. The molecule has 2 saturated heterocycles. The molecule has 3 fully saturated rings. The molecule has 276 valence electrons. The number of piperidine rings is 1. The third-order valence-corrected chi connectivity index (χ3v) is 12.0. The highest BCUT2D eigenvalue weighted by atomic mass is 79.9. The van der Waals surface area contributed by atoms with Gasteiger partial charge in [0.05, 0.1) is 16.1 Å². The summed E-state index contributed by atoms with van der Waals surface area (Å²) in [5.41, 5.74) is 2.31. The summed E-state index contributed by atoms with van der Waals surface area (Å²) in [6.45, 7) is 12.2. The van der Waals surface area contributed by atoms with Gasteiger partial charge in [-0.05, 0) is 63.8 Å². The highest BCUT2D eigenvalue weighted by Crippen LogP contribution is 2.55. The molecule has 53 heavy (non-hydrogen) atoms. The van der Waals surface area contributed by atoms with Gasteiger partial charge >= 0.3 is 0 Å². The van der Waals surface area contributed by atoms with Crippen molar-refractivity contribution in [1.82, 2.24) is 30.6 Å². The van der Waals surface area contributed by atoms with Crippen LogP contribution in [0, 0.1) is 22.2 Å². The van der Waals surface area contributed by atoms with Crippen LogP contribution in [0.25, 0.3) is 0 Å². The predicted octanol–water partition coefficient (Wildman–Crippen LogP) is 4.46. The molecule has 1 unspecified atom stereocenters. The molecule has 1 aliphatic carbocycles. The van der Waals surface area contributed by atoms with Crippen LogP contribution in [0.3, 0.4) is 0 Å². The number of benzene rings is 2. The van der Waals surface area contributed by atoms with Crippen molar-refractivity contribution in [1.29, 1.82) is 5.26 Å². The minimum atomic E-state index is -0.653. The standard InChI is InChI=1S/C38H40BrClN8O5/c1-37(2)35(38(3,4)36(37)53-24-6-5-22(18-41)26(40)17-24)43-32(50)27-7-9-29(45-44-27)47-13-11-46(12-14-47)19-21-15-23-20-48(34(52)31(23)25(39)16-21)28-8-10-30(49)42-33(28)51/h5-7,9,15-17,28,35-36H,8,10-14,19-20H2,1-4H3,(H,43,50)(H,42,49,51). The summed E-state index contributed by atoms with van der Waals surface area (Å²) >= 11 is 9.82. The number of hydrogen-bond acceptors (Lipinski definition) is 10. The van der Waals surface area contributed by atoms with E-state index in [1.165, 1.54) is 0 Å². The zero-order valence-corrected chi connectivity index (χ0v) is 32.3. The lowest BCUT2D eigenvalue weighted by atomic mass is 9.49. The SMILES string of the molecule is CC1(C)C(NC(=O)c2ccc(N3CCN(Cc4cc(Br)c5c(c4)CN(C4CCC(=O)NC4=O)C5=O)CC3)nn2)C(C)(C)C1Oc1ccc(C#N)c(Cl)c1. The number of nitrogens with zero attached hydrogens (tertiary/aromatic N) is 6. The Labute approximate surface area is 321 Å². The highest BCUT2D eigenvalue weighted by Gasteiger charge is 2.64. The second-order valence-electron chi connectivity index (χ2n) is 15.4. The van der Waals surface area contributed by atoms with E-state index in [-0.39, 0.29) is 42.0 Å². The number of anilines is 1. The number of nitriles is 1. The second kappa shape index (κ2) is 14.0. The number of carbonyl (C=O) groups is 4. The smallest absolute Gasteiger partial charge is 0.272 e. The number of carbonyl (C=O) groups excluding carboxylic acids is 4. The number of fused-ring (bicyclic) bond motifs is 1. The first-order valence-corrected chi connectivity index (χ1v) is 18.8. The highest BCUT2D eigenvalue weighted by molar-refractivity contribution is 9.10. The van der Waals surface area contributed by atoms with Gasteiger partial charge in [0.15, 0.2) is 11.5 Å². The van der Waals surface area contributed by atoms with Gasteiger partial charge in [-0.3, -0.25) is 29.4 Å². The van der Waals surface area contributed by atoms with Gasteiger partial charge in [0.2, 0.25) is 11.8 Å². The number of hydrogen-bond donors (Lipinski definition) is 2. The molecule has 1 atom stereocenters. The molecule has 7 rings (SSSR count). The lowest BCUT2D eigenvalue weighted by molar-refractivity contribution is -0.164. The molecule has 4 aliphatic rings. The Bertz CT molecular complexity index is 2030. The quantitative estimate of drug-likeness (QED) is 0.312. The lowest BCUT2D eigenvalue weighted by Crippen LogP contribution is -2.74. The average Bonchev–Trinajstić information content (AvgIpc) is 3.45. The van der Waals surface area contributed by atoms with Crippen LogP contribution in [0.5, 0.6) is 5.75 Å². The molecule has 1 aromatic heterocycles. The Morgan fingerprint density at radius 1 is 1.06 bits per heavy atom. The van der Waals surface area contributed by atoms with Gasteiger partial charge in [0.25, 0.3) is 11.8 Å². The van der Waals surface area contributed by atoms with Crippen molar-refractivity contribution in [2.24, 2.45) is 10.8 Å². The van der Waals surface area contributed by atoms with E-state index in [0.29, 0.717) is 51.7 Å². The number of ether oxygens (including phenoxy) is 1. The fourth-order valence-corrected chi connectivity index (χ4v) is 9.55. The molecular formula is C38H40BrClN8O5. The number of amides is 4. The molecule has 4 heterocycles. The zero-order valence-electron chi connectivity index (χ0n) is 29.9. The molecule has 3 aliphatic heterocycles. The van der Waals surface area contributed by atoms with Gasteiger partial charge in [-0.15, -0.1) is 10.2 Å². The van der Waals surface area contributed by atoms with Gasteiger partial charge in [-0.1, -0.05) is 45.4 Å². The largest absolute Gasteiger partial charge is 0.489 e. The van der Waals surface area contributed by atoms with Gasteiger partial charge in [-0.2, -0.15) is 5.26 Å². The van der Waals surface area contributed by atoms with E-state index in [4.69, 9.17) is 16.3 Å². The summed E-state index contributed by atoms with van der Waals surface area (Å²) in [7, 11) is 0. The Hall–Kier alpha value is -4.58. The van der Waals surface area contributed by atoms with Crippen molar-refractivity contribution in [3.8, 4) is 11.8 Å². The van der Waals surface area contributed by atoms with Gasteiger partial charge in [-0.25, -0.2) is 0 Å². The molecule has 0 radical (unpaired) electrons. The number of piperazine rings is 1. The summed E-state index contributed by atoms with van der Waals surface area (Å²) in [6, 6.07) is 13.8. The number of aromatic nitrogens is 2. The fourth-order valence-electron chi connectivity index (χ4n) is 8.62. The minimum Gasteiger partial charge on any atom is -0.489 e. The van der Waals surface area contributed by atoms with E-state index in [2.05, 4.69) is 80.3 Å². The monoisotopic (exact) mass is 802 g/mol. The first-order valence-electron chi connectivity index (χ1n) is 17.6. The van der Waals surface area contributed by atoms with Gasteiger partial charge in [0.1, 0.15) is 24.0 Å². The van der Waals surface area contributed by atoms with E-state index >= 15 is 0 Å². The molecule has 3 aromatic rings. The van der Waals surface area contributed by atoms with Crippen molar-refractivity contribution in [3.05, 3.63) is 79.9 Å². The van der Waals surface area contributed by atoms with Crippen molar-refractivity contribution >= 4 is 57.0 Å². The maximum atomic E-state index is 13.4. The first kappa shape index (κ1) is 36.8. The minimum absolute atomic E-state index is 0.202. The van der Waals surface area contributed by atoms with Crippen LogP contribution in [-0.2, 0) is 22.7 Å². The molecular weight excluding hydrogens is 764 g/mol. The van der Waals surface area contributed by atoms with Crippen molar-refractivity contribution in [3.63, 3.8) is 0 Å². The Kier molecular flexibility index (Phi) is 9.71. The first-order chi connectivity index (χ1) is 25.2. The summed E-state index contributed by atoms with van der Waals surface area (Å²) in [5, 5.41) is 23.7. The second-order valence-corrected chi connectivity index (χ2v) is 16.6. The maximum Gasteiger partial charge on any atom is 0.272 e. The third kappa shape index (κ3) is 6.86. The van der Waals surface area contributed by atoms with E-state index in [0.717, 1.165) is 37.3 Å². The zero-order chi connectivity index (χ0) is 37.8. The van der Waals surface area contributed by atoms with Crippen LogP contribution < -0.4 is 20.3 Å². The lowest BCUT2D eigenvalue weighted by Gasteiger charge is -2.63. The summed E-state index contributed by atoms with van der Waals surface area (Å²) in [5.74, 6) is 0.0383. The van der Waals surface area contributed by atoms with Crippen LogP contribution in [0.4, 0.5) is 5.82 Å². The Morgan fingerprint density at radius 3 is 2.43 bits per heavy atom. The van der Waals surface area contributed by atoms with E-state index in [1.807, 2.05) is 18.2 Å². The van der Waals surface area contributed by atoms with E-state index in [1.54, 1.807) is 29.2 Å². The maximum absolute atomic E-state index is 13.4. The third-order valence-electron chi connectivity index (χ3n) is 11.0. The van der Waals surface area contributed by atoms with Crippen LogP contribution in [0.2, 0.25) is 5.02 Å². The van der Waals surface area contributed by atoms with Crippen LogP contribution in [-0.4, -0.2) is 88.0 Å². The Morgan fingerprint density at radius 2 is 1.79 bits per heavy atom. The fraction of sp³-hybridized carbons (Fsp3) is 0.447. The molecule has 4 amide bonds. The average molecular weight is 804 g/mol. The molecule has 2 N–H and O–H groups in total. The summed E-state index contributed by atoms with van der Waals surface area (Å²) in [6.07, 6.45) is 0.320. The van der Waals surface area contributed by atoms with Gasteiger partial charge < -0.3 is 19.9 Å². The van der Waals surface area contributed by atoms with E-state index < -0.39 is 22.8 Å². The summed E-state index contributed by atoms with van der Waals surface area (Å²) < 4.78 is 7.04. The van der Waals surface area contributed by atoms with Crippen molar-refractivity contribution < 1.29 is 23.9 Å².